The van der Waals surface area contributed by atoms with E-state index in [1.54, 1.807) is 12.1 Å². The molecule has 1 aromatic carbocycles. The van der Waals surface area contributed by atoms with Crippen LogP contribution in [0.15, 0.2) is 36.5 Å². The van der Waals surface area contributed by atoms with Crippen LogP contribution in [0.2, 0.25) is 0 Å². The minimum atomic E-state index is -0.970. The molecule has 0 unspecified atom stereocenters. The molecule has 3 nitrogen and oxygen atoms in total. The second-order valence-corrected chi connectivity index (χ2v) is 9.79. The van der Waals surface area contributed by atoms with Gasteiger partial charge in [-0.3, -0.25) is 0 Å². The molecule has 0 fully saturated rings. The van der Waals surface area contributed by atoms with Crippen LogP contribution in [0.25, 0.3) is 0 Å². The van der Waals surface area contributed by atoms with Crippen LogP contribution < -0.4 is 4.46 Å². The van der Waals surface area contributed by atoms with Gasteiger partial charge in [0.1, 0.15) is 0 Å². The number of hydrogen-bond acceptors (Lipinski definition) is 2. The van der Waals surface area contributed by atoms with E-state index in [4.69, 9.17) is 5.11 Å². The zero-order chi connectivity index (χ0) is 18.9. The average molecular weight is 412 g/mol. The quantitative estimate of drug-likeness (QED) is 0.607. The van der Waals surface area contributed by atoms with Gasteiger partial charge < -0.3 is 0 Å². The first-order valence-corrected chi connectivity index (χ1v) is 10.4. The fraction of sp³-hybridized carbons (Fsp3) is 0.364. The maximum atomic E-state index is 10.9. The van der Waals surface area contributed by atoms with Gasteiger partial charge in [0.25, 0.3) is 0 Å². The van der Waals surface area contributed by atoms with E-state index in [2.05, 4.69) is 61.6 Å². The van der Waals surface area contributed by atoms with E-state index < -0.39 is 5.97 Å². The Morgan fingerprint density at radius 1 is 1.12 bits per heavy atom. The summed E-state index contributed by atoms with van der Waals surface area (Å²) < 4.78 is 1.35. The summed E-state index contributed by atoms with van der Waals surface area (Å²) >= 11 is 0.0309. The average Bonchev–Trinajstić information content (AvgIpc) is 2.59. The van der Waals surface area contributed by atoms with E-state index in [1.165, 1.54) is 34.6 Å². The zero-order valence-electron chi connectivity index (χ0n) is 15.6. The number of nitrogens with zero attached hydrogens (tertiary/aromatic N) is 1. The van der Waals surface area contributed by atoms with Gasteiger partial charge in [0.15, 0.2) is 0 Å². The molecule has 26 heavy (non-hydrogen) atoms. The van der Waals surface area contributed by atoms with Crippen molar-refractivity contribution in [1.82, 2.24) is 4.98 Å². The van der Waals surface area contributed by atoms with Crippen molar-refractivity contribution >= 4 is 25.4 Å². The van der Waals surface area contributed by atoms with Crippen LogP contribution in [0.5, 0.6) is 0 Å². The predicted octanol–water partition coefficient (Wildman–Crippen LogP) is 3.47. The SMILES string of the molecule is CC1(C)CCC(C)(C)c2c([Se]C#Cc3ccc(C(=O)O)cn3)cccc21. The Bertz CT molecular complexity index is 902. The molecule has 0 spiro atoms. The van der Waals surface area contributed by atoms with Gasteiger partial charge in [-0.2, -0.15) is 0 Å². The Hall–Kier alpha value is -2.08. The summed E-state index contributed by atoms with van der Waals surface area (Å²) in [5, 5.41) is 8.93. The van der Waals surface area contributed by atoms with Crippen LogP contribution in [0, 0.1) is 10.7 Å². The fourth-order valence-corrected chi connectivity index (χ4v) is 5.38. The molecule has 0 amide bonds. The van der Waals surface area contributed by atoms with Gasteiger partial charge in [-0.15, -0.1) is 0 Å². The Kier molecular flexibility index (Phi) is 4.97. The van der Waals surface area contributed by atoms with E-state index in [0.717, 1.165) is 0 Å². The summed E-state index contributed by atoms with van der Waals surface area (Å²) in [4.78, 5) is 18.3. The summed E-state index contributed by atoms with van der Waals surface area (Å²) in [5.41, 5.74) is 4.10. The van der Waals surface area contributed by atoms with Gasteiger partial charge in [0, 0.05) is 0 Å². The third kappa shape index (κ3) is 3.70. The van der Waals surface area contributed by atoms with Crippen molar-refractivity contribution in [2.45, 2.75) is 51.4 Å². The van der Waals surface area contributed by atoms with Gasteiger partial charge in [0.2, 0.25) is 0 Å². The number of benzene rings is 1. The number of carboxylic acids is 1. The number of hydrogen-bond donors (Lipinski definition) is 1. The molecule has 1 heterocycles. The molecule has 0 aliphatic heterocycles. The molecular formula is C22H23NO2Se. The molecular weight excluding hydrogens is 389 g/mol. The Morgan fingerprint density at radius 3 is 2.50 bits per heavy atom. The minimum absolute atomic E-state index is 0.0309. The predicted molar refractivity (Wildman–Crippen MR) is 105 cm³/mol. The van der Waals surface area contributed by atoms with Gasteiger partial charge in [0.05, 0.1) is 0 Å². The van der Waals surface area contributed by atoms with Crippen molar-refractivity contribution in [3.05, 3.63) is 58.9 Å². The number of carbonyl (C=O) groups is 1. The molecule has 0 radical (unpaired) electrons. The summed E-state index contributed by atoms with van der Waals surface area (Å²) in [7, 11) is 0. The molecule has 3 rings (SSSR count). The van der Waals surface area contributed by atoms with Crippen molar-refractivity contribution in [3.8, 4) is 10.7 Å². The molecule has 1 aliphatic carbocycles. The van der Waals surface area contributed by atoms with Crippen LogP contribution >= 0.6 is 0 Å². The topological polar surface area (TPSA) is 50.2 Å². The zero-order valence-corrected chi connectivity index (χ0v) is 17.3. The molecule has 2 aromatic rings. The molecule has 0 saturated carbocycles. The van der Waals surface area contributed by atoms with Crippen molar-refractivity contribution in [2.24, 2.45) is 0 Å². The monoisotopic (exact) mass is 413 g/mol. The number of pyridine rings is 1. The Balaban J connectivity index is 1.90. The van der Waals surface area contributed by atoms with E-state index in [-0.39, 0.29) is 31.4 Å². The van der Waals surface area contributed by atoms with E-state index in [1.807, 2.05) is 0 Å². The van der Waals surface area contributed by atoms with Crippen LogP contribution in [0.3, 0.4) is 0 Å². The van der Waals surface area contributed by atoms with Crippen molar-refractivity contribution in [1.29, 1.82) is 0 Å². The van der Waals surface area contributed by atoms with E-state index in [0.29, 0.717) is 5.69 Å². The second kappa shape index (κ2) is 6.91. The first kappa shape index (κ1) is 18.7. The third-order valence-corrected chi connectivity index (χ3v) is 6.76. The second-order valence-electron chi connectivity index (χ2n) is 8.01. The Morgan fingerprint density at radius 2 is 1.85 bits per heavy atom. The number of fused-ring (bicyclic) bond motifs is 1. The van der Waals surface area contributed by atoms with Gasteiger partial charge in [-0.25, -0.2) is 0 Å². The molecule has 1 aromatic heterocycles. The number of aromatic nitrogens is 1. The molecule has 4 heteroatoms. The third-order valence-electron chi connectivity index (χ3n) is 5.16. The van der Waals surface area contributed by atoms with Crippen LogP contribution in [-0.2, 0) is 10.8 Å². The number of carboxylic acid groups (broad SMARTS) is 1. The van der Waals surface area contributed by atoms with Gasteiger partial charge >= 0.3 is 161 Å². The maximum absolute atomic E-state index is 10.9. The molecule has 0 atom stereocenters. The first-order chi connectivity index (χ1) is 12.2. The standard InChI is InChI=1S/C22H23NO2Se/c1-21(2)11-12-22(3,4)19-17(21)6-5-7-18(19)26-13-10-16-9-8-15(14-23-16)20(24)25/h5-9,14H,11-12H2,1-4H3,(H,24,25). The summed E-state index contributed by atoms with van der Waals surface area (Å²) in [6.45, 7) is 9.33. The van der Waals surface area contributed by atoms with Gasteiger partial charge in [-0.05, 0) is 0 Å². The van der Waals surface area contributed by atoms with Crippen molar-refractivity contribution < 1.29 is 9.90 Å². The van der Waals surface area contributed by atoms with Crippen LogP contribution in [0.1, 0.15) is 67.7 Å². The van der Waals surface area contributed by atoms with Crippen LogP contribution in [-0.4, -0.2) is 31.0 Å². The van der Waals surface area contributed by atoms with Crippen molar-refractivity contribution in [3.63, 3.8) is 0 Å². The molecule has 1 N–H and O–H groups in total. The van der Waals surface area contributed by atoms with Gasteiger partial charge in [-0.1, -0.05) is 0 Å². The van der Waals surface area contributed by atoms with E-state index >= 15 is 0 Å². The molecule has 1 aliphatic rings. The number of aromatic carboxylic acids is 1. The van der Waals surface area contributed by atoms with E-state index in [9.17, 15) is 4.79 Å². The molecule has 0 saturated heterocycles. The first-order valence-electron chi connectivity index (χ1n) is 8.72. The summed E-state index contributed by atoms with van der Waals surface area (Å²) in [5.74, 6) is 2.12. The van der Waals surface area contributed by atoms with Crippen LogP contribution in [0.4, 0.5) is 0 Å². The normalized spacial score (nSPS) is 16.9. The molecule has 134 valence electrons. The van der Waals surface area contributed by atoms with Crippen molar-refractivity contribution in [2.75, 3.05) is 0 Å². The summed E-state index contributed by atoms with van der Waals surface area (Å²) in [6, 6.07) is 9.84. The molecule has 0 bridgehead atoms. The number of rotatable bonds is 2. The summed E-state index contributed by atoms with van der Waals surface area (Å²) in [6.07, 6.45) is 3.75. The Labute approximate surface area is 161 Å². The fourth-order valence-electron chi connectivity index (χ4n) is 3.49.